The quantitative estimate of drug-likeness (QED) is 0.567. The summed E-state index contributed by atoms with van der Waals surface area (Å²) in [5, 5.41) is 14.2. The zero-order chi connectivity index (χ0) is 11.1. The molecular weight excluding hydrogens is 220 g/mol. The third-order valence-electron chi connectivity index (χ3n) is 2.84. The van der Waals surface area contributed by atoms with Crippen LogP contribution in [0.1, 0.15) is 0 Å². The second-order valence-electron chi connectivity index (χ2n) is 3.75. The molecule has 2 heteroatoms. The van der Waals surface area contributed by atoms with Crippen molar-refractivity contribution in [1.82, 2.24) is 0 Å². The monoisotopic (exact) mass is 228 g/mol. The summed E-state index contributed by atoms with van der Waals surface area (Å²) in [5.41, 5.74) is 0. The van der Waals surface area contributed by atoms with Crippen LogP contribution >= 0.6 is 11.6 Å². The van der Waals surface area contributed by atoms with Gasteiger partial charge in [-0.05, 0) is 10.8 Å². The third kappa shape index (κ3) is 1.18. The summed E-state index contributed by atoms with van der Waals surface area (Å²) in [4.78, 5) is 0. The number of hydrogen-bond acceptors (Lipinski definition) is 1. The zero-order valence-electron chi connectivity index (χ0n) is 8.44. The van der Waals surface area contributed by atoms with E-state index in [1.807, 2.05) is 48.5 Å². The first-order valence-electron chi connectivity index (χ1n) is 5.07. The number of benzene rings is 3. The van der Waals surface area contributed by atoms with Crippen molar-refractivity contribution in [2.24, 2.45) is 0 Å². The fourth-order valence-electron chi connectivity index (χ4n) is 2.08. The van der Waals surface area contributed by atoms with E-state index in [2.05, 4.69) is 0 Å². The number of rotatable bonds is 0. The lowest BCUT2D eigenvalue weighted by Gasteiger charge is -2.08. The van der Waals surface area contributed by atoms with Crippen molar-refractivity contribution in [2.45, 2.75) is 0 Å². The van der Waals surface area contributed by atoms with Gasteiger partial charge < -0.3 is 5.11 Å². The molecule has 0 aromatic heterocycles. The summed E-state index contributed by atoms with van der Waals surface area (Å²) in [7, 11) is 0. The largest absolute Gasteiger partial charge is 0.506 e. The van der Waals surface area contributed by atoms with Crippen LogP contribution in [0.15, 0.2) is 48.5 Å². The molecule has 0 aliphatic heterocycles. The van der Waals surface area contributed by atoms with Crippen molar-refractivity contribution >= 4 is 33.1 Å². The number of phenols is 1. The standard InChI is InChI=1S/C14H9ClO/c15-13-11-7-3-1-5-9(11)10-6-2-4-8-12(10)14(13)16/h1-8,16H. The van der Waals surface area contributed by atoms with Gasteiger partial charge in [0.05, 0.1) is 5.02 Å². The van der Waals surface area contributed by atoms with Gasteiger partial charge in [-0.2, -0.15) is 0 Å². The molecule has 0 saturated carbocycles. The molecule has 0 heterocycles. The molecule has 0 amide bonds. The molecule has 1 nitrogen and oxygen atoms in total. The molecule has 0 unspecified atom stereocenters. The maximum absolute atomic E-state index is 10.0. The molecule has 1 N–H and O–H groups in total. The molecule has 0 aliphatic carbocycles. The Morgan fingerprint density at radius 2 is 1.12 bits per heavy atom. The van der Waals surface area contributed by atoms with Crippen molar-refractivity contribution in [3.63, 3.8) is 0 Å². The van der Waals surface area contributed by atoms with E-state index < -0.39 is 0 Å². The summed E-state index contributed by atoms with van der Waals surface area (Å²) in [5.74, 6) is 0.163. The molecule has 0 atom stereocenters. The first kappa shape index (κ1) is 9.49. The Hall–Kier alpha value is -1.73. The van der Waals surface area contributed by atoms with Gasteiger partial charge in [0.2, 0.25) is 0 Å². The topological polar surface area (TPSA) is 20.2 Å². The number of aromatic hydroxyl groups is 1. The van der Waals surface area contributed by atoms with Gasteiger partial charge in [0.25, 0.3) is 0 Å². The molecule has 3 aromatic rings. The molecule has 0 fully saturated rings. The fourth-order valence-corrected chi connectivity index (χ4v) is 2.35. The Balaban J connectivity index is 2.69. The van der Waals surface area contributed by atoms with Gasteiger partial charge in [0.1, 0.15) is 5.75 Å². The highest BCUT2D eigenvalue weighted by Gasteiger charge is 2.10. The van der Waals surface area contributed by atoms with Crippen LogP contribution in [-0.4, -0.2) is 5.11 Å². The van der Waals surface area contributed by atoms with E-state index in [9.17, 15) is 5.11 Å². The van der Waals surface area contributed by atoms with E-state index in [1.54, 1.807) is 0 Å². The molecule has 3 rings (SSSR count). The molecular formula is C14H9ClO. The molecule has 3 aromatic carbocycles. The van der Waals surface area contributed by atoms with Gasteiger partial charge >= 0.3 is 0 Å². The van der Waals surface area contributed by atoms with Gasteiger partial charge in [-0.25, -0.2) is 0 Å². The summed E-state index contributed by atoms with van der Waals surface area (Å²) < 4.78 is 0. The Labute approximate surface area is 97.9 Å². The van der Waals surface area contributed by atoms with E-state index >= 15 is 0 Å². The molecule has 16 heavy (non-hydrogen) atoms. The SMILES string of the molecule is Oc1c(Cl)c2ccccc2c2ccccc12. The highest BCUT2D eigenvalue weighted by molar-refractivity contribution is 6.39. The van der Waals surface area contributed by atoms with Gasteiger partial charge in [-0.1, -0.05) is 60.1 Å². The molecule has 0 bridgehead atoms. The van der Waals surface area contributed by atoms with Crippen molar-refractivity contribution in [2.75, 3.05) is 0 Å². The number of fused-ring (bicyclic) bond motifs is 3. The predicted octanol–water partition coefficient (Wildman–Crippen LogP) is 4.35. The minimum atomic E-state index is 0.163. The highest BCUT2D eigenvalue weighted by Crippen LogP contribution is 2.39. The highest BCUT2D eigenvalue weighted by atomic mass is 35.5. The Morgan fingerprint density at radius 3 is 1.75 bits per heavy atom. The van der Waals surface area contributed by atoms with Crippen LogP contribution < -0.4 is 0 Å². The van der Waals surface area contributed by atoms with Crippen LogP contribution in [0.25, 0.3) is 21.5 Å². The van der Waals surface area contributed by atoms with Crippen molar-refractivity contribution in [3.8, 4) is 5.75 Å². The van der Waals surface area contributed by atoms with Crippen LogP contribution in [0.5, 0.6) is 5.75 Å². The van der Waals surface area contributed by atoms with Crippen LogP contribution in [-0.2, 0) is 0 Å². The Morgan fingerprint density at radius 1 is 0.688 bits per heavy atom. The average Bonchev–Trinajstić information content (AvgIpc) is 2.36. The van der Waals surface area contributed by atoms with E-state index in [1.165, 1.54) is 0 Å². The molecule has 0 saturated heterocycles. The van der Waals surface area contributed by atoms with Crippen LogP contribution in [0.4, 0.5) is 0 Å². The lowest BCUT2D eigenvalue weighted by molar-refractivity contribution is 0.482. The molecule has 0 radical (unpaired) electrons. The maximum Gasteiger partial charge on any atom is 0.142 e. The predicted molar refractivity (Wildman–Crippen MR) is 68.1 cm³/mol. The third-order valence-corrected chi connectivity index (χ3v) is 3.23. The van der Waals surface area contributed by atoms with E-state index in [0.29, 0.717) is 5.02 Å². The van der Waals surface area contributed by atoms with Gasteiger partial charge in [0.15, 0.2) is 0 Å². The van der Waals surface area contributed by atoms with E-state index in [-0.39, 0.29) is 5.75 Å². The number of halogens is 1. The number of phenolic OH excluding ortho intramolecular Hbond substituents is 1. The first-order chi connectivity index (χ1) is 7.79. The minimum Gasteiger partial charge on any atom is -0.506 e. The smallest absolute Gasteiger partial charge is 0.142 e. The Bertz CT molecular complexity index is 628. The Kier molecular flexibility index (Phi) is 2.01. The summed E-state index contributed by atoms with van der Waals surface area (Å²) >= 11 is 6.15. The van der Waals surface area contributed by atoms with E-state index in [0.717, 1.165) is 21.5 Å². The first-order valence-corrected chi connectivity index (χ1v) is 5.45. The fraction of sp³-hybridized carbons (Fsp3) is 0. The lowest BCUT2D eigenvalue weighted by atomic mass is 10.0. The van der Waals surface area contributed by atoms with Gasteiger partial charge in [-0.15, -0.1) is 0 Å². The number of hydrogen-bond donors (Lipinski definition) is 1. The summed E-state index contributed by atoms with van der Waals surface area (Å²) in [6, 6.07) is 15.6. The van der Waals surface area contributed by atoms with Crippen molar-refractivity contribution in [3.05, 3.63) is 53.6 Å². The van der Waals surface area contributed by atoms with Gasteiger partial charge in [0, 0.05) is 10.8 Å². The van der Waals surface area contributed by atoms with Crippen molar-refractivity contribution < 1.29 is 5.11 Å². The van der Waals surface area contributed by atoms with E-state index in [4.69, 9.17) is 11.6 Å². The molecule has 0 spiro atoms. The summed E-state index contributed by atoms with van der Waals surface area (Å²) in [6.07, 6.45) is 0. The zero-order valence-corrected chi connectivity index (χ0v) is 9.20. The summed E-state index contributed by atoms with van der Waals surface area (Å²) in [6.45, 7) is 0. The lowest BCUT2D eigenvalue weighted by Crippen LogP contribution is -1.80. The normalized spacial score (nSPS) is 11.1. The molecule has 78 valence electrons. The molecule has 0 aliphatic rings. The van der Waals surface area contributed by atoms with Crippen LogP contribution in [0.2, 0.25) is 5.02 Å². The van der Waals surface area contributed by atoms with Crippen molar-refractivity contribution in [1.29, 1.82) is 0 Å². The van der Waals surface area contributed by atoms with Crippen LogP contribution in [0.3, 0.4) is 0 Å². The van der Waals surface area contributed by atoms with Crippen LogP contribution in [0, 0.1) is 0 Å². The second kappa shape index (κ2) is 3.39. The minimum absolute atomic E-state index is 0.163. The average molecular weight is 229 g/mol. The van der Waals surface area contributed by atoms with Gasteiger partial charge in [-0.3, -0.25) is 0 Å². The maximum atomic E-state index is 10.0. The second-order valence-corrected chi connectivity index (χ2v) is 4.13.